The highest BCUT2D eigenvalue weighted by molar-refractivity contribution is 5.90. The molecule has 4 heteroatoms. The lowest BCUT2D eigenvalue weighted by atomic mass is 9.67. The van der Waals surface area contributed by atoms with Crippen LogP contribution in [0, 0.1) is 6.92 Å². The van der Waals surface area contributed by atoms with Crippen LogP contribution < -0.4 is 0 Å². The largest absolute Gasteiger partial charge is 0.310 e. The Hall–Kier alpha value is -6.39. The molecular formula is C51H44N4. The second-order valence-electron chi connectivity index (χ2n) is 14.8. The van der Waals surface area contributed by atoms with E-state index in [2.05, 4.69) is 151 Å². The van der Waals surface area contributed by atoms with Gasteiger partial charge in [0.2, 0.25) is 0 Å². The van der Waals surface area contributed by atoms with E-state index in [9.17, 15) is 0 Å². The number of fused-ring (bicyclic) bond motifs is 1. The molecule has 55 heavy (non-hydrogen) atoms. The predicted molar refractivity (Wildman–Crippen MR) is 228 cm³/mol. The van der Waals surface area contributed by atoms with Gasteiger partial charge in [0.1, 0.15) is 0 Å². The van der Waals surface area contributed by atoms with Crippen molar-refractivity contribution in [2.75, 3.05) is 0 Å². The molecule has 1 fully saturated rings. The minimum Gasteiger partial charge on any atom is -0.310 e. The van der Waals surface area contributed by atoms with Gasteiger partial charge in [-0.3, -0.25) is 0 Å². The van der Waals surface area contributed by atoms with E-state index in [0.29, 0.717) is 17.5 Å². The average molecular weight is 713 g/mol. The maximum absolute atomic E-state index is 4.99. The molecular weight excluding hydrogens is 669 g/mol. The molecule has 2 heterocycles. The minimum atomic E-state index is 0.0822. The summed E-state index contributed by atoms with van der Waals surface area (Å²) in [6.07, 6.45) is 12.0. The van der Waals surface area contributed by atoms with Gasteiger partial charge in [-0.15, -0.1) is 0 Å². The maximum atomic E-state index is 4.99. The van der Waals surface area contributed by atoms with Gasteiger partial charge in [-0.2, -0.15) is 0 Å². The Morgan fingerprint density at radius 2 is 0.982 bits per heavy atom. The van der Waals surface area contributed by atoms with Gasteiger partial charge >= 0.3 is 0 Å². The van der Waals surface area contributed by atoms with E-state index < -0.39 is 0 Å². The molecule has 9 rings (SSSR count). The van der Waals surface area contributed by atoms with Crippen molar-refractivity contribution in [2.24, 2.45) is 0 Å². The Bertz CT molecular complexity index is 2510. The van der Waals surface area contributed by atoms with Crippen LogP contribution in [0.4, 0.5) is 0 Å². The number of nitrogens with zero attached hydrogens (tertiary/aromatic N) is 4. The first-order valence-electron chi connectivity index (χ1n) is 19.6. The minimum absolute atomic E-state index is 0.0822. The molecule has 1 aliphatic carbocycles. The predicted octanol–water partition coefficient (Wildman–Crippen LogP) is 13.1. The highest BCUT2D eigenvalue weighted by Gasteiger charge is 2.33. The normalized spacial score (nSPS) is 14.1. The Morgan fingerprint density at radius 3 is 1.56 bits per heavy atom. The van der Waals surface area contributed by atoms with Crippen molar-refractivity contribution in [1.82, 2.24) is 19.5 Å². The van der Waals surface area contributed by atoms with Crippen LogP contribution in [0.2, 0.25) is 0 Å². The van der Waals surface area contributed by atoms with Crippen molar-refractivity contribution in [3.8, 4) is 51.0 Å². The highest BCUT2D eigenvalue weighted by atomic mass is 15.0. The number of benzene rings is 6. The number of hydrogen-bond acceptors (Lipinski definition) is 3. The fourth-order valence-corrected chi connectivity index (χ4v) is 8.48. The van der Waals surface area contributed by atoms with Gasteiger partial charge in [0.15, 0.2) is 17.5 Å². The molecule has 0 spiro atoms. The second-order valence-corrected chi connectivity index (χ2v) is 14.8. The number of aromatic nitrogens is 4. The van der Waals surface area contributed by atoms with Crippen molar-refractivity contribution in [3.05, 3.63) is 187 Å². The third kappa shape index (κ3) is 6.92. The summed E-state index contributed by atoms with van der Waals surface area (Å²) in [5.41, 5.74) is 11.9. The SMILES string of the molecule is Cc1c(C=CCC2(c3ccc(-c4nc(-c5ccccc5)nc(-c5ccccc5)n4)cc3)CCCCC2)n(-c2ccc(-c3ccccc3)cc2)c2ccccc12. The molecule has 4 nitrogen and oxygen atoms in total. The summed E-state index contributed by atoms with van der Waals surface area (Å²) in [4.78, 5) is 14.9. The zero-order chi connectivity index (χ0) is 37.0. The summed E-state index contributed by atoms with van der Waals surface area (Å²) in [6, 6.07) is 57.8. The van der Waals surface area contributed by atoms with Crippen LogP contribution in [0.15, 0.2) is 170 Å². The first kappa shape index (κ1) is 34.4. The number of hydrogen-bond donors (Lipinski definition) is 0. The molecule has 0 atom stereocenters. The molecule has 268 valence electrons. The van der Waals surface area contributed by atoms with Crippen molar-refractivity contribution in [3.63, 3.8) is 0 Å². The van der Waals surface area contributed by atoms with Crippen LogP contribution in [0.3, 0.4) is 0 Å². The number of allylic oxidation sites excluding steroid dienone is 1. The van der Waals surface area contributed by atoms with Crippen molar-refractivity contribution >= 4 is 17.0 Å². The fraction of sp³-hybridized carbons (Fsp3) is 0.157. The van der Waals surface area contributed by atoms with E-state index in [1.807, 2.05) is 36.4 Å². The molecule has 0 saturated heterocycles. The summed E-state index contributed by atoms with van der Waals surface area (Å²) >= 11 is 0. The lowest BCUT2D eigenvalue weighted by Crippen LogP contribution is -2.28. The van der Waals surface area contributed by atoms with Gasteiger partial charge in [-0.1, -0.05) is 171 Å². The van der Waals surface area contributed by atoms with Gasteiger partial charge in [0.05, 0.1) is 5.52 Å². The van der Waals surface area contributed by atoms with Crippen LogP contribution in [-0.2, 0) is 5.41 Å². The van der Waals surface area contributed by atoms with Gasteiger partial charge in [0, 0.05) is 33.5 Å². The molecule has 0 N–H and O–H groups in total. The van der Waals surface area contributed by atoms with E-state index in [1.54, 1.807) is 0 Å². The van der Waals surface area contributed by atoms with E-state index in [4.69, 9.17) is 15.0 Å². The van der Waals surface area contributed by atoms with E-state index in [0.717, 1.165) is 23.1 Å². The van der Waals surface area contributed by atoms with Crippen LogP contribution in [-0.4, -0.2) is 19.5 Å². The first-order chi connectivity index (χ1) is 27.1. The maximum Gasteiger partial charge on any atom is 0.164 e. The van der Waals surface area contributed by atoms with Crippen LogP contribution in [0.5, 0.6) is 0 Å². The summed E-state index contributed by atoms with van der Waals surface area (Å²) in [7, 11) is 0. The molecule has 0 unspecified atom stereocenters. The van der Waals surface area contributed by atoms with Crippen molar-refractivity contribution in [1.29, 1.82) is 0 Å². The molecule has 2 aromatic heterocycles. The van der Waals surface area contributed by atoms with Gasteiger partial charge in [-0.25, -0.2) is 15.0 Å². The zero-order valence-corrected chi connectivity index (χ0v) is 31.3. The second kappa shape index (κ2) is 15.2. The van der Waals surface area contributed by atoms with Crippen LogP contribution in [0.25, 0.3) is 68.0 Å². The summed E-state index contributed by atoms with van der Waals surface area (Å²) in [5.74, 6) is 2.06. The molecule has 1 saturated carbocycles. The molecule has 0 bridgehead atoms. The lowest BCUT2D eigenvalue weighted by Gasteiger charge is -2.37. The molecule has 0 amide bonds. The first-order valence-corrected chi connectivity index (χ1v) is 19.6. The third-order valence-corrected chi connectivity index (χ3v) is 11.5. The van der Waals surface area contributed by atoms with Gasteiger partial charge in [-0.05, 0) is 78.1 Å². The average Bonchev–Trinajstić information content (AvgIpc) is 3.55. The van der Waals surface area contributed by atoms with E-state index in [1.165, 1.54) is 76.6 Å². The summed E-state index contributed by atoms with van der Waals surface area (Å²) < 4.78 is 2.43. The molecule has 0 radical (unpaired) electrons. The Balaban J connectivity index is 1.04. The van der Waals surface area contributed by atoms with Crippen LogP contribution in [0.1, 0.15) is 55.3 Å². The molecule has 8 aromatic rings. The lowest BCUT2D eigenvalue weighted by molar-refractivity contribution is 0.295. The standard InChI is InChI=1S/C51H44N4/c1-37-45-23-12-13-24-47(45)55(44-32-28-39(29-33-44)38-17-6-2-7-18-38)46(37)25-16-36-51(34-14-5-15-35-51)43-30-26-42(27-31-43)50-53-48(40-19-8-3-9-20-40)52-49(54-50)41-21-10-4-11-22-41/h2-4,6-13,16-33H,5,14-15,34-36H2,1H3. The van der Waals surface area contributed by atoms with Crippen molar-refractivity contribution in [2.45, 2.75) is 50.9 Å². The molecule has 0 aliphatic heterocycles. The number of aryl methyl sites for hydroxylation is 1. The quantitative estimate of drug-likeness (QED) is 0.150. The van der Waals surface area contributed by atoms with Crippen LogP contribution >= 0.6 is 0 Å². The van der Waals surface area contributed by atoms with Gasteiger partial charge in [0.25, 0.3) is 0 Å². The monoisotopic (exact) mass is 712 g/mol. The molecule has 6 aromatic carbocycles. The molecule has 1 aliphatic rings. The zero-order valence-electron chi connectivity index (χ0n) is 31.3. The van der Waals surface area contributed by atoms with E-state index in [-0.39, 0.29) is 5.41 Å². The highest BCUT2D eigenvalue weighted by Crippen LogP contribution is 2.43. The fourth-order valence-electron chi connectivity index (χ4n) is 8.48. The topological polar surface area (TPSA) is 43.6 Å². The Labute approximate surface area is 323 Å². The van der Waals surface area contributed by atoms with Gasteiger partial charge < -0.3 is 4.57 Å². The Morgan fingerprint density at radius 1 is 0.509 bits per heavy atom. The van der Waals surface area contributed by atoms with E-state index >= 15 is 0 Å². The van der Waals surface area contributed by atoms with Crippen molar-refractivity contribution < 1.29 is 0 Å². The Kier molecular flexibility index (Phi) is 9.47. The number of rotatable bonds is 9. The summed E-state index contributed by atoms with van der Waals surface area (Å²) in [6.45, 7) is 2.26. The third-order valence-electron chi connectivity index (χ3n) is 11.5. The number of para-hydroxylation sites is 1. The summed E-state index contributed by atoms with van der Waals surface area (Å²) in [5, 5.41) is 1.29. The smallest absolute Gasteiger partial charge is 0.164 e.